The zero-order valence-corrected chi connectivity index (χ0v) is 11.8. The SMILES string of the molecule is Cc1cccc(-c2nnnn2-c2ccc(Cl)cc2F)c1N. The van der Waals surface area contributed by atoms with Gasteiger partial charge in [0.1, 0.15) is 11.5 Å². The minimum atomic E-state index is -0.512. The lowest BCUT2D eigenvalue weighted by molar-refractivity contribution is 0.608. The molecular weight excluding hydrogens is 293 g/mol. The Balaban J connectivity index is 2.20. The Morgan fingerprint density at radius 1 is 1.24 bits per heavy atom. The zero-order valence-electron chi connectivity index (χ0n) is 11.1. The summed E-state index contributed by atoms with van der Waals surface area (Å²) in [6, 6.07) is 9.82. The van der Waals surface area contributed by atoms with Gasteiger partial charge in [0.15, 0.2) is 5.82 Å². The lowest BCUT2D eigenvalue weighted by Gasteiger charge is -2.09. The number of anilines is 1. The Bertz CT molecular complexity index is 815. The number of tetrazole rings is 1. The van der Waals surface area contributed by atoms with E-state index in [-0.39, 0.29) is 5.69 Å². The number of halogens is 2. The zero-order chi connectivity index (χ0) is 15.0. The summed E-state index contributed by atoms with van der Waals surface area (Å²) in [6.07, 6.45) is 0. The van der Waals surface area contributed by atoms with Gasteiger partial charge < -0.3 is 5.73 Å². The first-order valence-electron chi connectivity index (χ1n) is 6.17. The molecule has 7 heteroatoms. The second kappa shape index (κ2) is 5.14. The summed E-state index contributed by atoms with van der Waals surface area (Å²) in [5.41, 5.74) is 8.38. The van der Waals surface area contributed by atoms with E-state index >= 15 is 0 Å². The number of para-hydroxylation sites is 1. The molecule has 0 saturated heterocycles. The van der Waals surface area contributed by atoms with E-state index in [0.29, 0.717) is 22.1 Å². The molecule has 0 unspecified atom stereocenters. The van der Waals surface area contributed by atoms with Crippen molar-refractivity contribution in [3.05, 3.63) is 52.8 Å². The van der Waals surface area contributed by atoms with Gasteiger partial charge in [-0.15, -0.1) is 5.10 Å². The number of hydrogen-bond acceptors (Lipinski definition) is 4. The highest BCUT2D eigenvalue weighted by Crippen LogP contribution is 2.28. The van der Waals surface area contributed by atoms with Crippen LogP contribution in [-0.2, 0) is 0 Å². The van der Waals surface area contributed by atoms with Gasteiger partial charge in [0.2, 0.25) is 0 Å². The van der Waals surface area contributed by atoms with Gasteiger partial charge in [0.25, 0.3) is 0 Å². The number of aromatic nitrogens is 4. The summed E-state index contributed by atoms with van der Waals surface area (Å²) < 4.78 is 15.4. The lowest BCUT2D eigenvalue weighted by atomic mass is 10.1. The molecule has 3 rings (SSSR count). The lowest BCUT2D eigenvalue weighted by Crippen LogP contribution is -2.04. The van der Waals surface area contributed by atoms with Gasteiger partial charge in [0.05, 0.1) is 0 Å². The molecule has 1 heterocycles. The fraction of sp³-hybridized carbons (Fsp3) is 0.0714. The molecule has 0 fully saturated rings. The molecule has 1 aromatic heterocycles. The van der Waals surface area contributed by atoms with E-state index in [1.807, 2.05) is 19.1 Å². The second-order valence-electron chi connectivity index (χ2n) is 4.55. The van der Waals surface area contributed by atoms with Gasteiger partial charge in [-0.2, -0.15) is 4.68 Å². The van der Waals surface area contributed by atoms with Crippen LogP contribution < -0.4 is 5.73 Å². The smallest absolute Gasteiger partial charge is 0.189 e. The Kier molecular flexibility index (Phi) is 3.31. The quantitative estimate of drug-likeness (QED) is 0.739. The first kappa shape index (κ1) is 13.5. The van der Waals surface area contributed by atoms with Crippen molar-refractivity contribution >= 4 is 17.3 Å². The summed E-state index contributed by atoms with van der Waals surface area (Å²) in [4.78, 5) is 0. The summed E-state index contributed by atoms with van der Waals surface area (Å²) in [7, 11) is 0. The van der Waals surface area contributed by atoms with Crippen LogP contribution in [0.3, 0.4) is 0 Å². The van der Waals surface area contributed by atoms with E-state index in [0.717, 1.165) is 5.56 Å². The Labute approximate surface area is 125 Å². The predicted molar refractivity (Wildman–Crippen MR) is 78.7 cm³/mol. The average Bonchev–Trinajstić information content (AvgIpc) is 2.91. The maximum Gasteiger partial charge on any atom is 0.189 e. The summed E-state index contributed by atoms with van der Waals surface area (Å²) >= 11 is 5.76. The molecule has 0 bridgehead atoms. The van der Waals surface area contributed by atoms with Gasteiger partial charge >= 0.3 is 0 Å². The van der Waals surface area contributed by atoms with Crippen molar-refractivity contribution in [1.29, 1.82) is 0 Å². The fourth-order valence-corrected chi connectivity index (χ4v) is 2.20. The third-order valence-corrected chi connectivity index (χ3v) is 3.41. The molecule has 0 spiro atoms. The van der Waals surface area contributed by atoms with Crippen LogP contribution in [0.5, 0.6) is 0 Å². The van der Waals surface area contributed by atoms with Crippen molar-refractivity contribution in [2.75, 3.05) is 5.73 Å². The highest BCUT2D eigenvalue weighted by molar-refractivity contribution is 6.30. The number of rotatable bonds is 2. The Hall–Kier alpha value is -2.47. The highest BCUT2D eigenvalue weighted by atomic mass is 35.5. The summed E-state index contributed by atoms with van der Waals surface area (Å²) in [6.45, 7) is 1.88. The third-order valence-electron chi connectivity index (χ3n) is 3.17. The molecule has 0 aliphatic rings. The van der Waals surface area contributed by atoms with Crippen molar-refractivity contribution in [2.45, 2.75) is 6.92 Å². The van der Waals surface area contributed by atoms with E-state index in [2.05, 4.69) is 15.5 Å². The number of hydrogen-bond donors (Lipinski definition) is 1. The maximum atomic E-state index is 14.1. The van der Waals surface area contributed by atoms with Crippen molar-refractivity contribution in [1.82, 2.24) is 20.2 Å². The topological polar surface area (TPSA) is 69.6 Å². The van der Waals surface area contributed by atoms with Crippen LogP contribution in [0.25, 0.3) is 17.1 Å². The van der Waals surface area contributed by atoms with Crippen LogP contribution in [0.15, 0.2) is 36.4 Å². The first-order valence-corrected chi connectivity index (χ1v) is 6.55. The number of nitrogens with zero attached hydrogens (tertiary/aromatic N) is 4. The highest BCUT2D eigenvalue weighted by Gasteiger charge is 2.16. The van der Waals surface area contributed by atoms with Crippen molar-refractivity contribution in [3.8, 4) is 17.1 Å². The fourth-order valence-electron chi connectivity index (χ4n) is 2.05. The predicted octanol–water partition coefficient (Wildman–Crippen LogP) is 3.01. The number of benzene rings is 2. The largest absolute Gasteiger partial charge is 0.398 e. The van der Waals surface area contributed by atoms with Gasteiger partial charge in [-0.3, -0.25) is 0 Å². The molecule has 0 atom stereocenters. The van der Waals surface area contributed by atoms with Crippen LogP contribution in [0.2, 0.25) is 5.02 Å². The number of nitrogen functional groups attached to an aromatic ring is 1. The Morgan fingerprint density at radius 3 is 2.81 bits per heavy atom. The normalized spacial score (nSPS) is 10.8. The molecule has 5 nitrogen and oxygen atoms in total. The van der Waals surface area contributed by atoms with Crippen molar-refractivity contribution in [3.63, 3.8) is 0 Å². The van der Waals surface area contributed by atoms with Gasteiger partial charge in [-0.05, 0) is 47.2 Å². The Morgan fingerprint density at radius 2 is 2.05 bits per heavy atom. The minimum absolute atomic E-state index is 0.209. The molecule has 2 N–H and O–H groups in total. The first-order chi connectivity index (χ1) is 10.1. The third kappa shape index (κ3) is 2.34. The van der Waals surface area contributed by atoms with Gasteiger partial charge in [-0.25, -0.2) is 4.39 Å². The van der Waals surface area contributed by atoms with Crippen LogP contribution in [0, 0.1) is 12.7 Å². The van der Waals surface area contributed by atoms with Crippen LogP contribution in [-0.4, -0.2) is 20.2 Å². The average molecular weight is 304 g/mol. The number of aryl methyl sites for hydroxylation is 1. The van der Waals surface area contributed by atoms with Crippen molar-refractivity contribution < 1.29 is 4.39 Å². The van der Waals surface area contributed by atoms with Gasteiger partial charge in [-0.1, -0.05) is 23.7 Å². The molecule has 0 aliphatic carbocycles. The standard InChI is InChI=1S/C14H11ClFN5/c1-8-3-2-4-10(13(8)17)14-18-19-20-21(14)12-6-5-9(15)7-11(12)16/h2-7H,17H2,1H3. The van der Waals surface area contributed by atoms with E-state index in [4.69, 9.17) is 17.3 Å². The summed E-state index contributed by atoms with van der Waals surface area (Å²) in [5.74, 6) is -0.139. The molecule has 106 valence electrons. The second-order valence-corrected chi connectivity index (χ2v) is 4.98. The van der Waals surface area contributed by atoms with E-state index < -0.39 is 5.82 Å². The van der Waals surface area contributed by atoms with Crippen LogP contribution >= 0.6 is 11.6 Å². The van der Waals surface area contributed by atoms with E-state index in [1.165, 1.54) is 16.8 Å². The minimum Gasteiger partial charge on any atom is -0.398 e. The molecule has 3 aromatic rings. The van der Waals surface area contributed by atoms with Crippen molar-refractivity contribution in [2.24, 2.45) is 0 Å². The molecule has 0 radical (unpaired) electrons. The molecule has 21 heavy (non-hydrogen) atoms. The van der Waals surface area contributed by atoms with E-state index in [9.17, 15) is 4.39 Å². The molecular formula is C14H11ClFN5. The molecule has 0 amide bonds. The van der Waals surface area contributed by atoms with Crippen LogP contribution in [0.1, 0.15) is 5.56 Å². The van der Waals surface area contributed by atoms with E-state index in [1.54, 1.807) is 12.1 Å². The monoisotopic (exact) mass is 303 g/mol. The van der Waals surface area contributed by atoms with Crippen LogP contribution in [0.4, 0.5) is 10.1 Å². The molecule has 0 aliphatic heterocycles. The van der Waals surface area contributed by atoms with Gasteiger partial charge in [0, 0.05) is 16.3 Å². The molecule has 2 aromatic carbocycles. The summed E-state index contributed by atoms with van der Waals surface area (Å²) in [5, 5.41) is 11.7. The number of nitrogens with two attached hydrogens (primary N) is 1. The maximum absolute atomic E-state index is 14.1. The molecule has 0 saturated carbocycles.